The van der Waals surface area contributed by atoms with Crippen molar-refractivity contribution in [3.05, 3.63) is 66.2 Å². The molecule has 0 aromatic heterocycles. The number of carboxylic acid groups (broad SMARTS) is 1. The molecule has 20 heavy (non-hydrogen) atoms. The Bertz CT molecular complexity index is 571. The molecule has 1 N–H and O–H groups in total. The zero-order valence-electron chi connectivity index (χ0n) is 11.5. The van der Waals surface area contributed by atoms with Crippen molar-refractivity contribution in [2.45, 2.75) is 12.5 Å². The minimum absolute atomic E-state index is 0.651. The van der Waals surface area contributed by atoms with E-state index in [4.69, 9.17) is 4.84 Å². The van der Waals surface area contributed by atoms with Crippen LogP contribution in [0.25, 0.3) is 0 Å². The highest BCUT2D eigenvalue weighted by molar-refractivity contribution is 5.84. The van der Waals surface area contributed by atoms with Gasteiger partial charge in [-0.2, -0.15) is 0 Å². The van der Waals surface area contributed by atoms with Crippen LogP contribution in [0.4, 0.5) is 5.69 Å². The Balaban J connectivity index is 2.55. The van der Waals surface area contributed by atoms with Crippen molar-refractivity contribution in [1.29, 1.82) is 0 Å². The summed E-state index contributed by atoms with van der Waals surface area (Å²) >= 11 is 0. The number of benzene rings is 2. The predicted octanol–water partition coefficient (Wildman–Crippen LogP) is 3.05. The van der Waals surface area contributed by atoms with Crippen molar-refractivity contribution in [2.24, 2.45) is 0 Å². The number of rotatable bonds is 5. The van der Waals surface area contributed by atoms with Crippen LogP contribution in [0.15, 0.2) is 60.7 Å². The molecule has 0 fully saturated rings. The van der Waals surface area contributed by atoms with E-state index in [1.807, 2.05) is 48.5 Å². The lowest BCUT2D eigenvalue weighted by molar-refractivity contribution is -0.146. The van der Waals surface area contributed by atoms with Crippen LogP contribution in [0.1, 0.15) is 12.5 Å². The van der Waals surface area contributed by atoms with Gasteiger partial charge in [0.1, 0.15) is 0 Å². The Kier molecular flexibility index (Phi) is 4.05. The van der Waals surface area contributed by atoms with Gasteiger partial charge in [-0.25, -0.2) is 9.86 Å². The van der Waals surface area contributed by atoms with Crippen molar-refractivity contribution >= 4 is 11.7 Å². The summed E-state index contributed by atoms with van der Waals surface area (Å²) in [6.07, 6.45) is 0. The third-order valence-electron chi connectivity index (χ3n) is 3.33. The molecule has 0 spiro atoms. The second kappa shape index (κ2) is 5.75. The highest BCUT2D eigenvalue weighted by atomic mass is 16.7. The van der Waals surface area contributed by atoms with E-state index < -0.39 is 11.5 Å². The molecule has 2 aromatic carbocycles. The number of hydrogen-bond donors (Lipinski definition) is 1. The average molecular weight is 271 g/mol. The Labute approximate surface area is 118 Å². The molecule has 0 radical (unpaired) electrons. The Morgan fingerprint density at radius 1 is 1.05 bits per heavy atom. The highest BCUT2D eigenvalue weighted by Crippen LogP contribution is 2.33. The second-order valence-corrected chi connectivity index (χ2v) is 4.56. The SMILES string of the molecule is CON(c1ccccc1)[C@@](C)(C(=O)O)c1ccccc1. The van der Waals surface area contributed by atoms with Crippen molar-refractivity contribution in [1.82, 2.24) is 0 Å². The van der Waals surface area contributed by atoms with Gasteiger partial charge in [0.2, 0.25) is 0 Å². The molecule has 0 aliphatic heterocycles. The predicted molar refractivity (Wildman–Crippen MR) is 77.4 cm³/mol. The number of nitrogens with zero attached hydrogens (tertiary/aromatic N) is 1. The Morgan fingerprint density at radius 3 is 2.00 bits per heavy atom. The third-order valence-corrected chi connectivity index (χ3v) is 3.33. The molecule has 0 saturated heterocycles. The average Bonchev–Trinajstić information content (AvgIpc) is 2.49. The summed E-state index contributed by atoms with van der Waals surface area (Å²) in [5.74, 6) is -0.977. The summed E-state index contributed by atoms with van der Waals surface area (Å²) in [5.41, 5.74) is 0.0270. The van der Waals surface area contributed by atoms with E-state index in [1.165, 1.54) is 12.2 Å². The monoisotopic (exact) mass is 271 g/mol. The molecule has 4 nitrogen and oxygen atoms in total. The summed E-state index contributed by atoms with van der Waals surface area (Å²) in [6, 6.07) is 18.2. The van der Waals surface area contributed by atoms with E-state index in [0.717, 1.165) is 0 Å². The van der Waals surface area contributed by atoms with Gasteiger partial charge in [-0.15, -0.1) is 0 Å². The van der Waals surface area contributed by atoms with Crippen LogP contribution >= 0.6 is 0 Å². The van der Waals surface area contributed by atoms with Gasteiger partial charge in [0.15, 0.2) is 5.54 Å². The topological polar surface area (TPSA) is 49.8 Å². The number of carboxylic acids is 1. The fourth-order valence-corrected chi connectivity index (χ4v) is 2.20. The summed E-state index contributed by atoms with van der Waals surface area (Å²) < 4.78 is 0. The zero-order chi connectivity index (χ0) is 14.6. The van der Waals surface area contributed by atoms with Crippen molar-refractivity contribution < 1.29 is 14.7 Å². The van der Waals surface area contributed by atoms with Gasteiger partial charge < -0.3 is 5.11 Å². The summed E-state index contributed by atoms with van der Waals surface area (Å²) in [5, 5.41) is 11.1. The standard InChI is InChI=1S/C16H17NO3/c1-16(15(18)19,13-9-5-3-6-10-13)17(20-2)14-11-7-4-8-12-14/h3-12H,1-2H3,(H,18,19)/t16-/m1/s1. The van der Waals surface area contributed by atoms with Crippen LogP contribution in [0.2, 0.25) is 0 Å². The number of hydrogen-bond acceptors (Lipinski definition) is 3. The van der Waals surface area contributed by atoms with Gasteiger partial charge in [0.25, 0.3) is 0 Å². The number of hydroxylamine groups is 1. The van der Waals surface area contributed by atoms with Gasteiger partial charge in [-0.1, -0.05) is 48.5 Å². The van der Waals surface area contributed by atoms with Crippen LogP contribution in [0.3, 0.4) is 0 Å². The number of para-hydroxylation sites is 1. The molecule has 0 saturated carbocycles. The van der Waals surface area contributed by atoms with E-state index in [-0.39, 0.29) is 0 Å². The van der Waals surface area contributed by atoms with Crippen LogP contribution in [-0.4, -0.2) is 18.2 Å². The third kappa shape index (κ3) is 2.38. The lowest BCUT2D eigenvalue weighted by Gasteiger charge is -2.37. The normalized spacial score (nSPS) is 13.5. The maximum Gasteiger partial charge on any atom is 0.336 e. The molecule has 104 valence electrons. The number of carbonyl (C=O) groups is 1. The lowest BCUT2D eigenvalue weighted by atomic mass is 9.91. The molecule has 2 aromatic rings. The van der Waals surface area contributed by atoms with E-state index in [0.29, 0.717) is 11.3 Å². The molecule has 2 rings (SSSR count). The smallest absolute Gasteiger partial charge is 0.336 e. The maximum atomic E-state index is 11.9. The van der Waals surface area contributed by atoms with Gasteiger partial charge in [-0.05, 0) is 24.6 Å². The van der Waals surface area contributed by atoms with E-state index >= 15 is 0 Å². The van der Waals surface area contributed by atoms with Crippen LogP contribution in [0, 0.1) is 0 Å². The van der Waals surface area contributed by atoms with Gasteiger partial charge in [-0.3, -0.25) is 4.84 Å². The minimum Gasteiger partial charge on any atom is -0.479 e. The number of anilines is 1. The summed E-state index contributed by atoms with van der Waals surface area (Å²) in [6.45, 7) is 1.63. The molecule has 0 unspecified atom stereocenters. The molecular weight excluding hydrogens is 254 g/mol. The maximum absolute atomic E-state index is 11.9. The lowest BCUT2D eigenvalue weighted by Crippen LogP contribution is -2.49. The largest absolute Gasteiger partial charge is 0.479 e. The first-order chi connectivity index (χ1) is 9.60. The first kappa shape index (κ1) is 14.1. The first-order valence-electron chi connectivity index (χ1n) is 6.29. The van der Waals surface area contributed by atoms with Crippen molar-refractivity contribution in [3.8, 4) is 0 Å². The Morgan fingerprint density at radius 2 is 1.55 bits per heavy atom. The Hall–Kier alpha value is -2.33. The fraction of sp³-hybridized carbons (Fsp3) is 0.188. The quantitative estimate of drug-likeness (QED) is 0.849. The van der Waals surface area contributed by atoms with Gasteiger partial charge >= 0.3 is 5.97 Å². The second-order valence-electron chi connectivity index (χ2n) is 4.56. The van der Waals surface area contributed by atoms with Crippen LogP contribution in [0.5, 0.6) is 0 Å². The van der Waals surface area contributed by atoms with Gasteiger partial charge in [0.05, 0.1) is 12.8 Å². The molecule has 0 aliphatic carbocycles. The van der Waals surface area contributed by atoms with Crippen LogP contribution < -0.4 is 5.06 Å². The molecule has 1 atom stereocenters. The summed E-state index contributed by atoms with van der Waals surface area (Å²) in [7, 11) is 1.47. The summed E-state index contributed by atoms with van der Waals surface area (Å²) in [4.78, 5) is 17.2. The molecule has 0 amide bonds. The number of aliphatic carboxylic acids is 1. The van der Waals surface area contributed by atoms with E-state index in [2.05, 4.69) is 0 Å². The zero-order valence-corrected chi connectivity index (χ0v) is 11.5. The molecule has 0 bridgehead atoms. The molecule has 0 heterocycles. The molecule has 4 heteroatoms. The molecular formula is C16H17NO3. The van der Waals surface area contributed by atoms with Crippen molar-refractivity contribution in [2.75, 3.05) is 12.2 Å². The van der Waals surface area contributed by atoms with Crippen LogP contribution in [-0.2, 0) is 15.2 Å². The first-order valence-corrected chi connectivity index (χ1v) is 6.29. The van der Waals surface area contributed by atoms with Gasteiger partial charge in [0, 0.05) is 0 Å². The van der Waals surface area contributed by atoms with Crippen molar-refractivity contribution in [3.63, 3.8) is 0 Å². The fourth-order valence-electron chi connectivity index (χ4n) is 2.20. The molecule has 0 aliphatic rings. The highest BCUT2D eigenvalue weighted by Gasteiger charge is 2.42. The van der Waals surface area contributed by atoms with E-state index in [1.54, 1.807) is 19.1 Å². The minimum atomic E-state index is -1.31. The van der Waals surface area contributed by atoms with E-state index in [9.17, 15) is 9.90 Å².